The van der Waals surface area contributed by atoms with Crippen LogP contribution in [0.2, 0.25) is 0 Å². The van der Waals surface area contributed by atoms with Crippen LogP contribution in [0.4, 0.5) is 0 Å². The molecule has 0 N–H and O–H groups in total. The zero-order valence-electron chi connectivity index (χ0n) is 9.72. The molecule has 0 unspecified atom stereocenters. The summed E-state index contributed by atoms with van der Waals surface area (Å²) < 4.78 is 15.4. The fraction of sp³-hybridized carbons (Fsp3) is 0.273. The van der Waals surface area contributed by atoms with E-state index in [2.05, 4.69) is 0 Å². The van der Waals surface area contributed by atoms with E-state index in [9.17, 15) is 10.1 Å². The smallest absolute Gasteiger partial charge is 0.184 e. The molecule has 92 valence electrons. The zero-order chi connectivity index (χ0) is 12.8. The summed E-state index contributed by atoms with van der Waals surface area (Å²) in [5, 5.41) is 10.2. The predicted octanol–water partition coefficient (Wildman–Crippen LogP) is 1.76. The van der Waals surface area contributed by atoms with Crippen molar-refractivity contribution in [1.82, 2.24) is 0 Å². The molecule has 0 fully saturated rings. The number of benzene rings is 1. The van der Waals surface area contributed by atoms with Gasteiger partial charge in [-0.05, 0) is 11.0 Å². The first kappa shape index (κ1) is 12.8. The summed E-state index contributed by atoms with van der Waals surface area (Å²) in [4.78, 5) is 9.55. The minimum absolute atomic E-state index is 0.362. The number of nitro groups is 1. The van der Waals surface area contributed by atoms with Crippen molar-refractivity contribution < 1.29 is 19.1 Å². The van der Waals surface area contributed by atoms with Gasteiger partial charge in [-0.2, -0.15) is 6.08 Å². The van der Waals surface area contributed by atoms with Gasteiger partial charge in [-0.3, -0.25) is 10.1 Å². The molecule has 0 aliphatic heterocycles. The molecular formula is C11H12NO5-. The lowest BCUT2D eigenvalue weighted by Crippen LogP contribution is -1.97. The van der Waals surface area contributed by atoms with Gasteiger partial charge in [-0.15, -0.1) is 11.6 Å². The Morgan fingerprint density at radius 2 is 1.82 bits per heavy atom. The van der Waals surface area contributed by atoms with Gasteiger partial charge in [0.05, 0.1) is 27.1 Å². The van der Waals surface area contributed by atoms with Gasteiger partial charge in [0.2, 0.25) is 0 Å². The summed E-state index contributed by atoms with van der Waals surface area (Å²) in [6, 6.07) is 3.26. The van der Waals surface area contributed by atoms with E-state index in [1.54, 1.807) is 12.1 Å². The molecule has 0 spiro atoms. The summed E-state index contributed by atoms with van der Waals surface area (Å²) in [6.07, 6.45) is 3.16. The van der Waals surface area contributed by atoms with Crippen LogP contribution in [0, 0.1) is 16.3 Å². The normalized spacial score (nSPS) is 10.3. The van der Waals surface area contributed by atoms with Crippen molar-refractivity contribution >= 4 is 6.08 Å². The second-order valence-electron chi connectivity index (χ2n) is 2.95. The van der Waals surface area contributed by atoms with Crippen LogP contribution in [0.3, 0.4) is 0 Å². The average molecular weight is 238 g/mol. The maximum atomic E-state index is 10.2. The number of ether oxygens (including phenoxy) is 3. The van der Waals surface area contributed by atoms with Gasteiger partial charge in [-0.1, -0.05) is 0 Å². The van der Waals surface area contributed by atoms with E-state index >= 15 is 0 Å². The molecule has 0 bridgehead atoms. The third-order valence-corrected chi connectivity index (χ3v) is 2.06. The predicted molar refractivity (Wildman–Crippen MR) is 60.8 cm³/mol. The van der Waals surface area contributed by atoms with Crippen LogP contribution in [0.5, 0.6) is 17.2 Å². The molecule has 0 saturated carbocycles. The summed E-state index contributed by atoms with van der Waals surface area (Å²) in [7, 11) is 4.40. The number of hydrogen-bond acceptors (Lipinski definition) is 5. The summed E-state index contributed by atoms with van der Waals surface area (Å²) >= 11 is 0. The van der Waals surface area contributed by atoms with E-state index in [0.717, 1.165) is 0 Å². The van der Waals surface area contributed by atoms with E-state index in [-0.39, 0.29) is 0 Å². The van der Waals surface area contributed by atoms with Gasteiger partial charge in [0.25, 0.3) is 0 Å². The highest BCUT2D eigenvalue weighted by atomic mass is 16.6. The third-order valence-electron chi connectivity index (χ3n) is 2.06. The van der Waals surface area contributed by atoms with Crippen molar-refractivity contribution in [2.75, 3.05) is 21.3 Å². The number of hydrogen-bond donors (Lipinski definition) is 0. The Morgan fingerprint density at radius 1 is 1.18 bits per heavy atom. The van der Waals surface area contributed by atoms with Gasteiger partial charge in [0.15, 0.2) is 11.5 Å². The zero-order valence-corrected chi connectivity index (χ0v) is 9.72. The van der Waals surface area contributed by atoms with Gasteiger partial charge in [0, 0.05) is 0 Å². The second-order valence-corrected chi connectivity index (χ2v) is 2.95. The van der Waals surface area contributed by atoms with Crippen LogP contribution in [-0.4, -0.2) is 26.3 Å². The molecule has 0 aliphatic carbocycles. The first-order valence-electron chi connectivity index (χ1n) is 4.66. The Kier molecular flexibility index (Phi) is 4.33. The van der Waals surface area contributed by atoms with Gasteiger partial charge >= 0.3 is 0 Å². The molecule has 1 rings (SSSR count). The minimum Gasteiger partial charge on any atom is -0.511 e. The molecule has 0 amide bonds. The van der Waals surface area contributed by atoms with Crippen LogP contribution in [0.1, 0.15) is 5.56 Å². The molecule has 6 heteroatoms. The molecule has 1 aromatic carbocycles. The molecule has 0 saturated heterocycles. The largest absolute Gasteiger partial charge is 0.511 e. The lowest BCUT2D eigenvalue weighted by Gasteiger charge is -2.18. The lowest BCUT2D eigenvalue weighted by atomic mass is 10.1. The van der Waals surface area contributed by atoms with Crippen molar-refractivity contribution in [3.63, 3.8) is 0 Å². The summed E-state index contributed by atoms with van der Waals surface area (Å²) in [5.41, 5.74) is 0.488. The maximum absolute atomic E-state index is 10.2. The molecule has 17 heavy (non-hydrogen) atoms. The highest BCUT2D eigenvalue weighted by Crippen LogP contribution is 2.40. The van der Waals surface area contributed by atoms with E-state index in [1.165, 1.54) is 27.4 Å². The van der Waals surface area contributed by atoms with Gasteiger partial charge in [-0.25, -0.2) is 0 Å². The Labute approximate surface area is 98.6 Å². The van der Waals surface area contributed by atoms with Gasteiger partial charge < -0.3 is 14.2 Å². The average Bonchev–Trinajstić information content (AvgIpc) is 2.34. The topological polar surface area (TPSA) is 70.8 Å². The van der Waals surface area contributed by atoms with Crippen molar-refractivity contribution in [3.05, 3.63) is 34.0 Å². The fourth-order valence-corrected chi connectivity index (χ4v) is 1.36. The lowest BCUT2D eigenvalue weighted by molar-refractivity contribution is -0.417. The van der Waals surface area contributed by atoms with E-state index in [4.69, 9.17) is 14.2 Å². The van der Waals surface area contributed by atoms with Gasteiger partial charge in [0.1, 0.15) is 6.20 Å². The van der Waals surface area contributed by atoms with E-state index in [1.807, 2.05) is 6.20 Å². The van der Waals surface area contributed by atoms with E-state index in [0.29, 0.717) is 22.8 Å². The van der Waals surface area contributed by atoms with Crippen LogP contribution >= 0.6 is 0 Å². The molecule has 0 atom stereocenters. The molecule has 6 nitrogen and oxygen atoms in total. The van der Waals surface area contributed by atoms with Crippen LogP contribution in [0.15, 0.2) is 12.1 Å². The summed E-state index contributed by atoms with van der Waals surface area (Å²) in [6.45, 7) is 0. The monoisotopic (exact) mass is 238 g/mol. The Bertz CT molecular complexity index is 442. The fourth-order valence-electron chi connectivity index (χ4n) is 1.36. The summed E-state index contributed by atoms with van der Waals surface area (Å²) in [5.74, 6) is 1.23. The molecule has 0 aliphatic rings. The SMILES string of the molecule is COc1ccc(C=[C-][N+](=O)[O-])c(OC)c1OC. The third kappa shape index (κ3) is 2.87. The molecule has 1 aromatic rings. The Balaban J connectivity index is 3.28. The second kappa shape index (κ2) is 5.74. The Hall–Kier alpha value is -2.24. The number of nitrogens with zero attached hydrogens (tertiary/aromatic N) is 1. The first-order valence-corrected chi connectivity index (χ1v) is 4.66. The molecule has 0 aromatic heterocycles. The highest BCUT2D eigenvalue weighted by molar-refractivity contribution is 5.65. The molecule has 0 heterocycles. The van der Waals surface area contributed by atoms with Crippen LogP contribution < -0.4 is 14.2 Å². The quantitative estimate of drug-likeness (QED) is 0.338. The highest BCUT2D eigenvalue weighted by Gasteiger charge is 2.09. The van der Waals surface area contributed by atoms with Crippen molar-refractivity contribution in [1.29, 1.82) is 0 Å². The number of rotatable bonds is 5. The van der Waals surface area contributed by atoms with Crippen molar-refractivity contribution in [2.45, 2.75) is 0 Å². The van der Waals surface area contributed by atoms with Crippen LogP contribution in [-0.2, 0) is 0 Å². The van der Waals surface area contributed by atoms with Crippen molar-refractivity contribution in [2.24, 2.45) is 0 Å². The molecular weight excluding hydrogens is 226 g/mol. The minimum atomic E-state index is -0.670. The van der Waals surface area contributed by atoms with E-state index < -0.39 is 4.92 Å². The first-order chi connectivity index (χ1) is 8.13. The molecule has 0 radical (unpaired) electrons. The maximum Gasteiger partial charge on any atom is 0.184 e. The number of methoxy groups -OCH3 is 3. The van der Waals surface area contributed by atoms with Crippen LogP contribution in [0.25, 0.3) is 6.08 Å². The standard InChI is InChI=1S/C11H12NO5/c1-15-9-5-4-8(6-7-12(13)14)10(16-2)11(9)17-3/h4-6H,1-3H3/q-1. The Morgan fingerprint density at radius 3 is 2.29 bits per heavy atom. The van der Waals surface area contributed by atoms with Crippen molar-refractivity contribution in [3.8, 4) is 17.2 Å².